The van der Waals surface area contributed by atoms with Crippen LogP contribution in [0.5, 0.6) is 11.5 Å². The minimum Gasteiger partial charge on any atom is -0.454 e. The quantitative estimate of drug-likeness (QED) is 0.854. The van der Waals surface area contributed by atoms with Gasteiger partial charge in [0.25, 0.3) is 0 Å². The van der Waals surface area contributed by atoms with Gasteiger partial charge in [-0.2, -0.15) is 0 Å². The van der Waals surface area contributed by atoms with Crippen molar-refractivity contribution < 1.29 is 9.47 Å². The summed E-state index contributed by atoms with van der Waals surface area (Å²) < 4.78 is 10.8. The first-order valence-corrected chi connectivity index (χ1v) is 7.25. The van der Waals surface area contributed by atoms with E-state index in [1.807, 2.05) is 6.07 Å². The monoisotopic (exact) mass is 283 g/mol. The Bertz CT molecular complexity index is 652. The Kier molecular flexibility index (Phi) is 3.84. The second-order valence-electron chi connectivity index (χ2n) is 5.79. The maximum Gasteiger partial charge on any atom is 0.231 e. The number of nitrogens with zero attached hydrogens (tertiary/aromatic N) is 1. The number of aryl methyl sites for hydroxylation is 2. The van der Waals surface area contributed by atoms with E-state index in [1.54, 1.807) is 0 Å². The van der Waals surface area contributed by atoms with Crippen LogP contribution in [-0.4, -0.2) is 18.7 Å². The average Bonchev–Trinajstić information content (AvgIpc) is 2.90. The molecule has 110 valence electrons. The van der Waals surface area contributed by atoms with E-state index < -0.39 is 0 Å². The topological polar surface area (TPSA) is 21.7 Å². The van der Waals surface area contributed by atoms with Gasteiger partial charge in [0.05, 0.1) is 0 Å². The van der Waals surface area contributed by atoms with E-state index in [4.69, 9.17) is 9.47 Å². The molecule has 0 amide bonds. The van der Waals surface area contributed by atoms with Crippen LogP contribution in [-0.2, 0) is 13.1 Å². The molecule has 0 atom stereocenters. The van der Waals surface area contributed by atoms with Crippen LogP contribution in [0.15, 0.2) is 36.4 Å². The molecule has 1 aliphatic rings. The van der Waals surface area contributed by atoms with Crippen LogP contribution in [0.3, 0.4) is 0 Å². The lowest BCUT2D eigenvalue weighted by Crippen LogP contribution is -2.17. The molecule has 0 radical (unpaired) electrons. The highest BCUT2D eigenvalue weighted by molar-refractivity contribution is 5.44. The summed E-state index contributed by atoms with van der Waals surface area (Å²) >= 11 is 0. The molecular formula is C18H21NO2. The van der Waals surface area contributed by atoms with Crippen molar-refractivity contribution in [2.45, 2.75) is 26.9 Å². The molecule has 0 aliphatic carbocycles. The zero-order valence-electron chi connectivity index (χ0n) is 12.8. The second-order valence-corrected chi connectivity index (χ2v) is 5.79. The Labute approximate surface area is 126 Å². The molecule has 1 heterocycles. The van der Waals surface area contributed by atoms with Crippen LogP contribution in [0.4, 0.5) is 0 Å². The normalized spacial score (nSPS) is 13.0. The summed E-state index contributed by atoms with van der Waals surface area (Å²) in [5.41, 5.74) is 5.29. The Balaban J connectivity index is 1.69. The van der Waals surface area contributed by atoms with Crippen molar-refractivity contribution in [3.63, 3.8) is 0 Å². The third-order valence-corrected chi connectivity index (χ3v) is 3.83. The highest BCUT2D eigenvalue weighted by atomic mass is 16.7. The number of rotatable bonds is 4. The minimum absolute atomic E-state index is 0.330. The van der Waals surface area contributed by atoms with E-state index in [2.05, 4.69) is 56.1 Å². The summed E-state index contributed by atoms with van der Waals surface area (Å²) in [6.45, 7) is 6.48. The Morgan fingerprint density at radius 1 is 0.952 bits per heavy atom. The zero-order chi connectivity index (χ0) is 14.8. The minimum atomic E-state index is 0.330. The molecule has 0 fully saturated rings. The van der Waals surface area contributed by atoms with Crippen LogP contribution >= 0.6 is 0 Å². The van der Waals surface area contributed by atoms with Crippen molar-refractivity contribution in [2.24, 2.45) is 0 Å². The first kappa shape index (κ1) is 14.0. The summed E-state index contributed by atoms with van der Waals surface area (Å²) in [5, 5.41) is 0. The molecule has 0 unspecified atom stereocenters. The molecule has 0 N–H and O–H groups in total. The van der Waals surface area contributed by atoms with E-state index in [1.165, 1.54) is 22.3 Å². The molecule has 3 heteroatoms. The summed E-state index contributed by atoms with van der Waals surface area (Å²) in [7, 11) is 2.15. The third kappa shape index (κ3) is 3.19. The summed E-state index contributed by atoms with van der Waals surface area (Å²) in [6.07, 6.45) is 0. The molecule has 3 rings (SSSR count). The largest absolute Gasteiger partial charge is 0.454 e. The fourth-order valence-corrected chi connectivity index (χ4v) is 2.67. The van der Waals surface area contributed by atoms with Crippen LogP contribution in [0.25, 0.3) is 0 Å². The van der Waals surface area contributed by atoms with Gasteiger partial charge in [-0.15, -0.1) is 0 Å². The molecule has 2 aromatic rings. The predicted octanol–water partition coefficient (Wildman–Crippen LogP) is 3.66. The predicted molar refractivity (Wildman–Crippen MR) is 83.7 cm³/mol. The van der Waals surface area contributed by atoms with E-state index in [0.29, 0.717) is 6.79 Å². The van der Waals surface area contributed by atoms with Gasteiger partial charge >= 0.3 is 0 Å². The molecule has 0 aromatic heterocycles. The standard InChI is InChI=1S/C18H21NO2/c1-13-4-5-14(2)16(8-13)11-19(3)10-15-6-7-17-18(9-15)21-12-20-17/h4-9H,10-12H2,1-3H3. The lowest BCUT2D eigenvalue weighted by Gasteiger charge is -2.18. The third-order valence-electron chi connectivity index (χ3n) is 3.83. The van der Waals surface area contributed by atoms with Crippen LogP contribution in [0.2, 0.25) is 0 Å². The van der Waals surface area contributed by atoms with Crippen molar-refractivity contribution in [1.29, 1.82) is 0 Å². The molecule has 21 heavy (non-hydrogen) atoms. The molecule has 1 aliphatic heterocycles. The molecule has 0 saturated heterocycles. The van der Waals surface area contributed by atoms with Crippen LogP contribution in [0, 0.1) is 13.8 Å². The van der Waals surface area contributed by atoms with Crippen LogP contribution in [0.1, 0.15) is 22.3 Å². The lowest BCUT2D eigenvalue weighted by atomic mass is 10.1. The number of hydrogen-bond donors (Lipinski definition) is 0. The van der Waals surface area contributed by atoms with Gasteiger partial charge in [0.15, 0.2) is 11.5 Å². The number of fused-ring (bicyclic) bond motifs is 1. The van der Waals surface area contributed by atoms with E-state index >= 15 is 0 Å². The van der Waals surface area contributed by atoms with Gasteiger partial charge < -0.3 is 9.47 Å². The first-order chi connectivity index (χ1) is 10.1. The zero-order valence-corrected chi connectivity index (χ0v) is 12.8. The maximum atomic E-state index is 5.43. The second kappa shape index (κ2) is 5.78. The smallest absolute Gasteiger partial charge is 0.231 e. The van der Waals surface area contributed by atoms with E-state index in [9.17, 15) is 0 Å². The van der Waals surface area contributed by atoms with Gasteiger partial charge in [0, 0.05) is 13.1 Å². The Morgan fingerprint density at radius 3 is 2.62 bits per heavy atom. The average molecular weight is 283 g/mol. The Morgan fingerprint density at radius 2 is 1.76 bits per heavy atom. The van der Waals surface area contributed by atoms with Crippen molar-refractivity contribution in [1.82, 2.24) is 4.90 Å². The summed E-state index contributed by atoms with van der Waals surface area (Å²) in [6, 6.07) is 12.8. The Hall–Kier alpha value is -2.00. The number of benzene rings is 2. The summed E-state index contributed by atoms with van der Waals surface area (Å²) in [4.78, 5) is 2.32. The van der Waals surface area contributed by atoms with Gasteiger partial charge in [-0.25, -0.2) is 0 Å². The lowest BCUT2D eigenvalue weighted by molar-refractivity contribution is 0.174. The highest BCUT2D eigenvalue weighted by Gasteiger charge is 2.14. The fourth-order valence-electron chi connectivity index (χ4n) is 2.67. The number of hydrogen-bond acceptors (Lipinski definition) is 3. The molecule has 0 saturated carbocycles. The van der Waals surface area contributed by atoms with Gasteiger partial charge in [-0.3, -0.25) is 4.90 Å². The maximum absolute atomic E-state index is 5.43. The van der Waals surface area contributed by atoms with Gasteiger partial charge in [0.2, 0.25) is 6.79 Å². The first-order valence-electron chi connectivity index (χ1n) is 7.25. The van der Waals surface area contributed by atoms with E-state index in [0.717, 1.165) is 24.6 Å². The van der Waals surface area contributed by atoms with E-state index in [-0.39, 0.29) is 0 Å². The molecule has 3 nitrogen and oxygen atoms in total. The molecule has 0 spiro atoms. The summed E-state index contributed by atoms with van der Waals surface area (Å²) in [5.74, 6) is 1.70. The van der Waals surface area contributed by atoms with Crippen molar-refractivity contribution in [3.8, 4) is 11.5 Å². The molecule has 2 aromatic carbocycles. The van der Waals surface area contributed by atoms with Gasteiger partial charge in [-0.1, -0.05) is 29.8 Å². The fraction of sp³-hybridized carbons (Fsp3) is 0.333. The number of ether oxygens (including phenoxy) is 2. The molecular weight excluding hydrogens is 262 g/mol. The van der Waals surface area contributed by atoms with Crippen molar-refractivity contribution in [2.75, 3.05) is 13.8 Å². The molecule has 0 bridgehead atoms. The van der Waals surface area contributed by atoms with Crippen LogP contribution < -0.4 is 9.47 Å². The van der Waals surface area contributed by atoms with Gasteiger partial charge in [0.1, 0.15) is 0 Å². The van der Waals surface area contributed by atoms with Crippen molar-refractivity contribution in [3.05, 3.63) is 58.7 Å². The van der Waals surface area contributed by atoms with Gasteiger partial charge in [-0.05, 0) is 49.7 Å². The highest BCUT2D eigenvalue weighted by Crippen LogP contribution is 2.32. The van der Waals surface area contributed by atoms with Crippen molar-refractivity contribution >= 4 is 0 Å². The SMILES string of the molecule is Cc1ccc(C)c(CN(C)Cc2ccc3c(c2)OCO3)c1.